The Balaban J connectivity index is 1.62. The lowest BCUT2D eigenvalue weighted by Gasteiger charge is -2.44. The molecule has 2 aromatic rings. The Labute approximate surface area is 247 Å². The summed E-state index contributed by atoms with van der Waals surface area (Å²) in [6.07, 6.45) is 3.40. The molecule has 3 atom stereocenters. The quantitative estimate of drug-likeness (QED) is 0.415. The minimum atomic E-state index is -1.22. The number of carboxylic acids is 1. The van der Waals surface area contributed by atoms with E-state index in [9.17, 15) is 19.5 Å². The van der Waals surface area contributed by atoms with Crippen LogP contribution in [0.4, 0.5) is 4.79 Å². The standard InChI is InChI=1S/C31H43N5O6/c1-8-32-28(37)27-24(15-19(2)26(34-27)29(38)39)41-25(23-12-11-22(16-33-23)21-9-10-21)18-35-13-14-36(7,20(3)17-35)30(40)42-31(4,5)6/h11-12,15-16,20-21,25H,8-10,13-14,17-18H2,1-7H3,(H-,32,37,38,39)/p+1/t20-,25-,36?/m1/s1. The van der Waals surface area contributed by atoms with Gasteiger partial charge in [-0.05, 0) is 83.6 Å². The van der Waals surface area contributed by atoms with E-state index >= 15 is 0 Å². The summed E-state index contributed by atoms with van der Waals surface area (Å²) in [6.45, 7) is 13.7. The van der Waals surface area contributed by atoms with Crippen molar-refractivity contribution in [1.29, 1.82) is 0 Å². The maximum absolute atomic E-state index is 13.1. The van der Waals surface area contributed by atoms with Gasteiger partial charge in [0.1, 0.15) is 18.2 Å². The summed E-state index contributed by atoms with van der Waals surface area (Å²) in [5.74, 6) is -0.979. The van der Waals surface area contributed by atoms with Crippen LogP contribution in [0.15, 0.2) is 24.4 Å². The Kier molecular flexibility index (Phi) is 9.22. The highest BCUT2D eigenvalue weighted by molar-refractivity contribution is 5.97. The van der Waals surface area contributed by atoms with Crippen molar-refractivity contribution in [3.05, 3.63) is 52.6 Å². The molecule has 228 valence electrons. The number of hydrogen-bond acceptors (Lipinski definition) is 8. The van der Waals surface area contributed by atoms with Gasteiger partial charge >= 0.3 is 12.1 Å². The molecule has 1 saturated heterocycles. The molecule has 1 unspecified atom stereocenters. The largest absolute Gasteiger partial charge is 0.516 e. The number of piperazine rings is 1. The van der Waals surface area contributed by atoms with Crippen LogP contribution in [0.3, 0.4) is 0 Å². The van der Waals surface area contributed by atoms with E-state index < -0.39 is 23.6 Å². The Morgan fingerprint density at radius 3 is 2.48 bits per heavy atom. The molecule has 11 heteroatoms. The number of rotatable bonds is 9. The fraction of sp³-hybridized carbons (Fsp3) is 0.581. The Morgan fingerprint density at radius 1 is 1.21 bits per heavy atom. The van der Waals surface area contributed by atoms with E-state index in [0.29, 0.717) is 49.9 Å². The van der Waals surface area contributed by atoms with Gasteiger partial charge < -0.3 is 19.9 Å². The lowest BCUT2D eigenvalue weighted by molar-refractivity contribution is -0.867. The number of ether oxygens (including phenoxy) is 2. The van der Waals surface area contributed by atoms with Crippen LogP contribution in [-0.2, 0) is 4.74 Å². The van der Waals surface area contributed by atoms with Crippen LogP contribution in [0.25, 0.3) is 0 Å². The topological polar surface area (TPSA) is 131 Å². The molecule has 2 aliphatic rings. The first kappa shape index (κ1) is 31.4. The van der Waals surface area contributed by atoms with Crippen molar-refractivity contribution in [3.63, 3.8) is 0 Å². The molecule has 4 rings (SSSR count). The van der Waals surface area contributed by atoms with Crippen molar-refractivity contribution in [2.75, 3.05) is 39.8 Å². The maximum atomic E-state index is 13.1. The van der Waals surface area contributed by atoms with E-state index in [0.717, 1.165) is 12.8 Å². The molecule has 0 aromatic carbocycles. The third-order valence-corrected chi connectivity index (χ3v) is 8.00. The molecular weight excluding hydrogens is 538 g/mol. The summed E-state index contributed by atoms with van der Waals surface area (Å²) in [5.41, 5.74) is 1.43. The minimum Gasteiger partial charge on any atom is -0.480 e. The molecular formula is C31H44N5O6+. The van der Waals surface area contributed by atoms with Gasteiger partial charge in [0.25, 0.3) is 5.91 Å². The highest BCUT2D eigenvalue weighted by Gasteiger charge is 2.45. The van der Waals surface area contributed by atoms with Crippen LogP contribution in [0.1, 0.15) is 97.3 Å². The van der Waals surface area contributed by atoms with E-state index in [2.05, 4.69) is 21.3 Å². The Bertz CT molecular complexity index is 1320. The number of nitrogens with zero attached hydrogens (tertiary/aromatic N) is 4. The molecule has 1 saturated carbocycles. The summed E-state index contributed by atoms with van der Waals surface area (Å²) in [7, 11) is 1.92. The normalized spacial score (nSPS) is 21.8. The van der Waals surface area contributed by atoms with Gasteiger partial charge in [-0.2, -0.15) is 4.79 Å². The van der Waals surface area contributed by atoms with Crippen LogP contribution in [-0.4, -0.2) is 93.8 Å². The molecule has 0 spiro atoms. The van der Waals surface area contributed by atoms with Gasteiger partial charge in [-0.15, -0.1) is 0 Å². The minimum absolute atomic E-state index is 0.0379. The molecule has 0 radical (unpaired) electrons. The molecule has 2 aromatic heterocycles. The number of carbonyl (C=O) groups excluding carboxylic acids is 2. The second-order valence-electron chi connectivity index (χ2n) is 12.6. The van der Waals surface area contributed by atoms with E-state index in [4.69, 9.17) is 14.5 Å². The zero-order valence-electron chi connectivity index (χ0n) is 25.8. The predicted octanol–water partition coefficient (Wildman–Crippen LogP) is 4.32. The van der Waals surface area contributed by atoms with E-state index in [1.807, 2.05) is 47.0 Å². The van der Waals surface area contributed by atoms with E-state index in [1.165, 1.54) is 5.56 Å². The number of aryl methyl sites for hydroxylation is 1. The van der Waals surface area contributed by atoms with Gasteiger partial charge in [-0.3, -0.25) is 14.7 Å². The Morgan fingerprint density at radius 2 is 1.93 bits per heavy atom. The van der Waals surface area contributed by atoms with E-state index in [-0.39, 0.29) is 33.8 Å². The van der Waals surface area contributed by atoms with Gasteiger partial charge in [-0.1, -0.05) is 6.07 Å². The number of aromatic carboxylic acids is 1. The second kappa shape index (κ2) is 12.3. The zero-order chi connectivity index (χ0) is 30.8. The predicted molar refractivity (Wildman–Crippen MR) is 157 cm³/mol. The van der Waals surface area contributed by atoms with Crippen molar-refractivity contribution in [2.24, 2.45) is 0 Å². The van der Waals surface area contributed by atoms with E-state index in [1.54, 1.807) is 19.9 Å². The third-order valence-electron chi connectivity index (χ3n) is 8.00. The number of pyridine rings is 2. The number of quaternary nitrogens is 1. The fourth-order valence-electron chi connectivity index (χ4n) is 5.16. The summed E-state index contributed by atoms with van der Waals surface area (Å²) in [6, 6.07) is 5.56. The molecule has 1 aliphatic carbocycles. The third kappa shape index (κ3) is 7.25. The molecule has 2 N–H and O–H groups in total. The average Bonchev–Trinajstić information content (AvgIpc) is 3.75. The number of hydrogen-bond donors (Lipinski definition) is 2. The zero-order valence-corrected chi connectivity index (χ0v) is 25.8. The molecule has 1 aliphatic heterocycles. The van der Waals surface area contributed by atoms with Crippen molar-refractivity contribution < 1.29 is 33.4 Å². The fourth-order valence-corrected chi connectivity index (χ4v) is 5.16. The molecule has 11 nitrogen and oxygen atoms in total. The number of amides is 2. The first-order valence-corrected chi connectivity index (χ1v) is 14.7. The number of carboxylic acid groups (broad SMARTS) is 1. The first-order chi connectivity index (χ1) is 19.7. The lowest BCUT2D eigenvalue weighted by atomic mass is 10.1. The van der Waals surface area contributed by atoms with Gasteiger partial charge in [0.05, 0.1) is 19.3 Å². The summed E-state index contributed by atoms with van der Waals surface area (Å²) < 4.78 is 12.4. The first-order valence-electron chi connectivity index (χ1n) is 14.7. The van der Waals surface area contributed by atoms with Gasteiger partial charge in [0.2, 0.25) is 0 Å². The van der Waals surface area contributed by atoms with Crippen LogP contribution in [0, 0.1) is 6.92 Å². The van der Waals surface area contributed by atoms with Crippen molar-refractivity contribution in [1.82, 2.24) is 20.2 Å². The van der Waals surface area contributed by atoms with Crippen LogP contribution < -0.4 is 10.1 Å². The van der Waals surface area contributed by atoms with Gasteiger partial charge in [-0.25, -0.2) is 14.3 Å². The summed E-state index contributed by atoms with van der Waals surface area (Å²) >= 11 is 0. The highest BCUT2D eigenvalue weighted by atomic mass is 16.6. The van der Waals surface area contributed by atoms with Crippen molar-refractivity contribution in [2.45, 2.75) is 78.0 Å². The smallest absolute Gasteiger partial charge is 0.480 e. The second-order valence-corrected chi connectivity index (χ2v) is 12.6. The highest BCUT2D eigenvalue weighted by Crippen LogP contribution is 2.40. The number of carbonyl (C=O) groups is 3. The number of nitrogens with one attached hydrogen (secondary N) is 1. The monoisotopic (exact) mass is 582 g/mol. The molecule has 42 heavy (non-hydrogen) atoms. The molecule has 2 amide bonds. The number of aromatic nitrogens is 2. The van der Waals surface area contributed by atoms with Gasteiger partial charge in [0.15, 0.2) is 23.2 Å². The molecule has 3 heterocycles. The van der Waals surface area contributed by atoms with Crippen molar-refractivity contribution in [3.8, 4) is 5.75 Å². The van der Waals surface area contributed by atoms with Crippen molar-refractivity contribution >= 4 is 18.0 Å². The van der Waals surface area contributed by atoms with Crippen LogP contribution in [0.2, 0.25) is 0 Å². The van der Waals surface area contributed by atoms with Crippen LogP contribution >= 0.6 is 0 Å². The Hall–Kier alpha value is -3.57. The van der Waals surface area contributed by atoms with Crippen LogP contribution in [0.5, 0.6) is 5.75 Å². The van der Waals surface area contributed by atoms with Gasteiger partial charge in [0, 0.05) is 25.8 Å². The molecule has 0 bridgehead atoms. The maximum Gasteiger partial charge on any atom is 0.516 e. The summed E-state index contributed by atoms with van der Waals surface area (Å²) in [5, 5.41) is 12.3. The SMILES string of the molecule is CCNC(=O)c1nc(C(=O)O)c(C)cc1O[C@H](CN1CC[N+](C)(C(=O)OC(C)(C)C)[C@H](C)C1)c1ccc(C2CC2)cn1. The summed E-state index contributed by atoms with van der Waals surface area (Å²) in [4.78, 5) is 49.0. The number of likely N-dealkylation sites (N-methyl/N-ethyl adjacent to an activating group) is 1. The average molecular weight is 583 g/mol. The molecule has 2 fully saturated rings. The lowest BCUT2D eigenvalue weighted by Crippen LogP contribution is -2.66.